The first kappa shape index (κ1) is 18.9. The molecule has 2 rings (SSSR count). The monoisotopic (exact) mass is 386 g/mol. The second-order valence-electron chi connectivity index (χ2n) is 4.95. The molecule has 10 heteroatoms. The highest BCUT2D eigenvalue weighted by molar-refractivity contribution is 6.35. The summed E-state index contributed by atoms with van der Waals surface area (Å²) in [6.07, 6.45) is 0. The predicted octanol–water partition coefficient (Wildman–Crippen LogP) is 3.73. The van der Waals surface area contributed by atoms with Crippen molar-refractivity contribution in [2.75, 3.05) is 12.8 Å². The van der Waals surface area contributed by atoms with Crippen LogP contribution in [0.2, 0.25) is 10.0 Å². The average Bonchev–Trinajstić information content (AvgIpc) is 2.55. The Bertz CT molecular complexity index is 870. The van der Waals surface area contributed by atoms with Gasteiger partial charge in [-0.05, 0) is 26.0 Å². The van der Waals surface area contributed by atoms with Crippen molar-refractivity contribution in [2.24, 2.45) is 5.16 Å². The molecular formula is C15H13Cl2FN4O3. The highest BCUT2D eigenvalue weighted by Crippen LogP contribution is 2.35. The second kappa shape index (κ2) is 7.62. The summed E-state index contributed by atoms with van der Waals surface area (Å²) in [5.74, 6) is -2.35. The molecule has 0 saturated heterocycles. The van der Waals surface area contributed by atoms with Crippen molar-refractivity contribution < 1.29 is 18.8 Å². The van der Waals surface area contributed by atoms with Crippen molar-refractivity contribution in [3.63, 3.8) is 0 Å². The molecule has 1 aromatic carbocycles. The van der Waals surface area contributed by atoms with Gasteiger partial charge in [0, 0.05) is 0 Å². The van der Waals surface area contributed by atoms with Gasteiger partial charge in [-0.1, -0.05) is 28.4 Å². The fraction of sp³-hybridized carbons (Fsp3) is 0.200. The summed E-state index contributed by atoms with van der Waals surface area (Å²) in [6, 6.07) is 2.72. The van der Waals surface area contributed by atoms with Gasteiger partial charge < -0.3 is 15.3 Å². The molecule has 2 N–H and O–H groups in total. The van der Waals surface area contributed by atoms with Crippen molar-refractivity contribution in [2.45, 2.75) is 13.8 Å². The molecule has 0 bridgehead atoms. The maximum absolute atomic E-state index is 14.5. The third kappa shape index (κ3) is 3.97. The van der Waals surface area contributed by atoms with Gasteiger partial charge >= 0.3 is 5.97 Å². The van der Waals surface area contributed by atoms with E-state index in [1.807, 2.05) is 0 Å². The minimum absolute atomic E-state index is 0.0677. The van der Waals surface area contributed by atoms with E-state index < -0.39 is 11.8 Å². The molecule has 0 unspecified atom stereocenters. The number of oxime groups is 1. The number of ether oxygens (including phenoxy) is 1. The van der Waals surface area contributed by atoms with Gasteiger partial charge in [0.25, 0.3) is 0 Å². The number of halogens is 3. The zero-order valence-corrected chi connectivity index (χ0v) is 14.9. The number of aromatic nitrogens is 2. The van der Waals surface area contributed by atoms with Crippen LogP contribution in [0, 0.1) is 5.82 Å². The van der Waals surface area contributed by atoms with Gasteiger partial charge in [0.05, 0.1) is 23.4 Å². The van der Waals surface area contributed by atoms with Crippen molar-refractivity contribution in [1.82, 2.24) is 9.97 Å². The van der Waals surface area contributed by atoms with Crippen LogP contribution in [0.25, 0.3) is 11.4 Å². The summed E-state index contributed by atoms with van der Waals surface area (Å²) in [5, 5.41) is 3.37. The third-order valence-corrected chi connectivity index (χ3v) is 3.55. The average molecular weight is 387 g/mol. The van der Waals surface area contributed by atoms with Gasteiger partial charge in [-0.15, -0.1) is 0 Å². The van der Waals surface area contributed by atoms with Crippen LogP contribution in [0.15, 0.2) is 17.3 Å². The highest BCUT2D eigenvalue weighted by Gasteiger charge is 2.23. The van der Waals surface area contributed by atoms with Crippen LogP contribution in [0.4, 0.5) is 10.2 Å². The van der Waals surface area contributed by atoms with Crippen LogP contribution in [0.5, 0.6) is 5.75 Å². The summed E-state index contributed by atoms with van der Waals surface area (Å²) in [4.78, 5) is 24.6. The molecule has 0 fully saturated rings. The maximum Gasteiger partial charge on any atom is 0.385 e. The molecule has 0 aliphatic heterocycles. The molecule has 1 aromatic heterocycles. The van der Waals surface area contributed by atoms with Gasteiger partial charge in [0.15, 0.2) is 23.1 Å². The van der Waals surface area contributed by atoms with E-state index in [9.17, 15) is 9.18 Å². The van der Waals surface area contributed by atoms with Crippen LogP contribution in [0.3, 0.4) is 0 Å². The number of hydrogen-bond donors (Lipinski definition) is 1. The Morgan fingerprint density at radius 1 is 1.28 bits per heavy atom. The van der Waals surface area contributed by atoms with E-state index in [4.69, 9.17) is 33.7 Å². The number of carbonyl (C=O) groups excluding carboxylic acids is 1. The standard InChI is InChI=1S/C15H13Cl2FN4O3/c1-6(2)22-25-15(23)11-9(17)13(19)21-14(20-11)7-4-5-8(16)12(24-3)10(7)18/h4-5H,1-3H3,(H2,19,20,21). The van der Waals surface area contributed by atoms with Gasteiger partial charge in [0.2, 0.25) is 0 Å². The molecular weight excluding hydrogens is 374 g/mol. The van der Waals surface area contributed by atoms with Crippen LogP contribution >= 0.6 is 23.2 Å². The number of rotatable bonds is 4. The van der Waals surface area contributed by atoms with Crippen molar-refractivity contribution in [3.05, 3.63) is 33.7 Å². The largest absolute Gasteiger partial charge is 0.492 e. The Hall–Kier alpha value is -2.45. The number of nitrogens with two attached hydrogens (primary N) is 1. The van der Waals surface area contributed by atoms with Crippen LogP contribution in [-0.2, 0) is 4.84 Å². The van der Waals surface area contributed by atoms with Crippen molar-refractivity contribution >= 4 is 40.7 Å². The van der Waals surface area contributed by atoms with E-state index in [1.54, 1.807) is 13.8 Å². The molecule has 1 heterocycles. The Morgan fingerprint density at radius 3 is 2.56 bits per heavy atom. The summed E-state index contributed by atoms with van der Waals surface area (Å²) >= 11 is 11.8. The SMILES string of the molecule is COc1c(Cl)ccc(-c2nc(N)c(Cl)c(C(=O)ON=C(C)C)n2)c1F. The zero-order chi connectivity index (χ0) is 18.7. The molecule has 0 aliphatic rings. The number of hydrogen-bond acceptors (Lipinski definition) is 7. The van der Waals surface area contributed by atoms with E-state index in [2.05, 4.69) is 20.0 Å². The first-order valence-corrected chi connectivity index (χ1v) is 7.59. The van der Waals surface area contributed by atoms with Gasteiger partial charge in [-0.25, -0.2) is 19.2 Å². The van der Waals surface area contributed by atoms with E-state index in [-0.39, 0.29) is 38.7 Å². The first-order valence-electron chi connectivity index (χ1n) is 6.84. The number of methoxy groups -OCH3 is 1. The number of carbonyl (C=O) groups is 1. The lowest BCUT2D eigenvalue weighted by Crippen LogP contribution is -2.10. The maximum atomic E-state index is 14.5. The van der Waals surface area contributed by atoms with Gasteiger partial charge in [-0.3, -0.25) is 0 Å². The third-order valence-electron chi connectivity index (χ3n) is 2.88. The Labute approximate surface area is 152 Å². The fourth-order valence-corrected chi connectivity index (χ4v) is 2.17. The van der Waals surface area contributed by atoms with Crippen molar-refractivity contribution in [3.8, 4) is 17.1 Å². The van der Waals surface area contributed by atoms with Crippen molar-refractivity contribution in [1.29, 1.82) is 0 Å². The van der Waals surface area contributed by atoms with E-state index in [0.29, 0.717) is 5.71 Å². The summed E-state index contributed by atoms with van der Waals surface area (Å²) in [6.45, 7) is 3.26. The summed E-state index contributed by atoms with van der Waals surface area (Å²) in [5.41, 5.74) is 5.78. The predicted molar refractivity (Wildman–Crippen MR) is 92.6 cm³/mol. The minimum Gasteiger partial charge on any atom is -0.492 e. The van der Waals surface area contributed by atoms with E-state index >= 15 is 0 Å². The number of anilines is 1. The fourth-order valence-electron chi connectivity index (χ4n) is 1.79. The summed E-state index contributed by atoms with van der Waals surface area (Å²) < 4.78 is 19.4. The molecule has 2 aromatic rings. The Morgan fingerprint density at radius 2 is 1.96 bits per heavy atom. The Balaban J connectivity index is 2.58. The molecule has 7 nitrogen and oxygen atoms in total. The molecule has 0 radical (unpaired) electrons. The lowest BCUT2D eigenvalue weighted by atomic mass is 10.1. The smallest absolute Gasteiger partial charge is 0.385 e. The topological polar surface area (TPSA) is 99.7 Å². The van der Waals surface area contributed by atoms with Crippen LogP contribution < -0.4 is 10.5 Å². The first-order chi connectivity index (χ1) is 11.8. The molecule has 0 amide bonds. The zero-order valence-electron chi connectivity index (χ0n) is 13.4. The molecule has 0 atom stereocenters. The van der Waals surface area contributed by atoms with E-state index in [1.165, 1.54) is 19.2 Å². The van der Waals surface area contributed by atoms with E-state index in [0.717, 1.165) is 0 Å². The van der Waals surface area contributed by atoms with Crippen LogP contribution in [-0.4, -0.2) is 28.8 Å². The molecule has 0 spiro atoms. The summed E-state index contributed by atoms with van der Waals surface area (Å²) in [7, 11) is 1.26. The molecule has 0 saturated carbocycles. The minimum atomic E-state index is -0.956. The highest BCUT2D eigenvalue weighted by atomic mass is 35.5. The lowest BCUT2D eigenvalue weighted by Gasteiger charge is -2.10. The van der Waals surface area contributed by atoms with Crippen LogP contribution in [0.1, 0.15) is 24.3 Å². The number of nitrogen functional groups attached to an aromatic ring is 1. The number of nitrogens with zero attached hydrogens (tertiary/aromatic N) is 3. The normalized spacial score (nSPS) is 10.3. The molecule has 0 aliphatic carbocycles. The Kier molecular flexibility index (Phi) is 5.76. The van der Waals surface area contributed by atoms with Gasteiger partial charge in [-0.2, -0.15) is 0 Å². The molecule has 132 valence electrons. The second-order valence-corrected chi connectivity index (χ2v) is 5.74. The molecule has 25 heavy (non-hydrogen) atoms. The number of benzene rings is 1. The van der Waals surface area contributed by atoms with Gasteiger partial charge in [0.1, 0.15) is 10.8 Å². The lowest BCUT2D eigenvalue weighted by molar-refractivity contribution is 0.0509. The quantitative estimate of drug-likeness (QED) is 0.488.